The minimum atomic E-state index is -5.27. The number of nitrogens with one attached hydrogen (secondary N) is 2. The van der Waals surface area contributed by atoms with E-state index in [0.717, 1.165) is 19.4 Å². The lowest BCUT2D eigenvalue weighted by molar-refractivity contribution is -0.184. The number of carbonyl (C=O) groups is 4. The van der Waals surface area contributed by atoms with Crippen LogP contribution >= 0.6 is 0 Å². The molecule has 40 heavy (non-hydrogen) atoms. The van der Waals surface area contributed by atoms with E-state index in [4.69, 9.17) is 5.73 Å². The number of aromatic nitrogens is 4. The second-order valence-electron chi connectivity index (χ2n) is 8.74. The van der Waals surface area contributed by atoms with Gasteiger partial charge in [-0.15, -0.1) is 0 Å². The molecule has 1 aliphatic rings. The molecule has 0 saturated heterocycles. The van der Waals surface area contributed by atoms with E-state index in [0.29, 0.717) is 4.90 Å². The molecule has 0 spiro atoms. The highest BCUT2D eigenvalue weighted by Crippen LogP contribution is 2.32. The Bertz CT molecular complexity index is 1470. The predicted molar refractivity (Wildman–Crippen MR) is 130 cm³/mol. The highest BCUT2D eigenvalue weighted by Gasteiger charge is 2.44. The standard InChI is InChI=1S/C23H24F3N7O7/c1-10-7-11(18(35)30-13(20(37)38)4-6-15(34)40-2)3-5-14(10)33(21(39)23(24,25)26)9-12-8-28-17-16(29-12)19(36)32-22(27)31-17/h3,5,8,10,13H,4,6-7,9H2,1-2H3,(H,30,35)(H,37,38)(H3,27,28,31,32,36). The monoisotopic (exact) mass is 567 g/mol. The number of ether oxygens (including phenoxy) is 1. The summed E-state index contributed by atoms with van der Waals surface area (Å²) < 4.78 is 45.0. The predicted octanol–water partition coefficient (Wildman–Crippen LogP) is 0.559. The SMILES string of the molecule is COC(=O)CCC(NC(=O)C1=CC=C(N(Cc2cnc3nc(N)[nH]c(=O)c3n2)C(=O)C(F)(F)F)C(C)C1)C(=O)O. The first kappa shape index (κ1) is 29.7. The minimum Gasteiger partial charge on any atom is -0.480 e. The number of esters is 1. The van der Waals surface area contributed by atoms with Crippen molar-refractivity contribution in [1.82, 2.24) is 30.2 Å². The molecular weight excluding hydrogens is 543 g/mol. The summed E-state index contributed by atoms with van der Waals surface area (Å²) in [4.78, 5) is 74.3. The molecule has 0 fully saturated rings. The number of methoxy groups -OCH3 is 1. The molecule has 3 rings (SSSR count). The van der Waals surface area contributed by atoms with Gasteiger partial charge in [-0.3, -0.25) is 24.2 Å². The molecule has 5 N–H and O–H groups in total. The molecule has 0 aromatic carbocycles. The number of aliphatic carboxylic acids is 1. The van der Waals surface area contributed by atoms with Crippen LogP contribution in [-0.2, 0) is 30.5 Å². The Morgan fingerprint density at radius 1 is 1.27 bits per heavy atom. The molecule has 2 amide bonds. The molecule has 1 aliphatic carbocycles. The number of nitrogens with two attached hydrogens (primary N) is 1. The van der Waals surface area contributed by atoms with E-state index in [-0.39, 0.29) is 53.3 Å². The summed E-state index contributed by atoms with van der Waals surface area (Å²) in [6, 6.07) is -1.42. The number of nitrogen functional groups attached to an aromatic ring is 1. The van der Waals surface area contributed by atoms with Gasteiger partial charge >= 0.3 is 24.0 Å². The van der Waals surface area contributed by atoms with Crippen LogP contribution < -0.4 is 16.6 Å². The number of carboxylic acids is 1. The van der Waals surface area contributed by atoms with Crippen molar-refractivity contribution in [2.24, 2.45) is 5.92 Å². The zero-order chi connectivity index (χ0) is 29.8. The average Bonchev–Trinajstić information content (AvgIpc) is 2.88. The molecule has 2 aromatic heterocycles. The number of H-pyrrole nitrogens is 1. The maximum Gasteiger partial charge on any atom is 0.471 e. The fourth-order valence-electron chi connectivity index (χ4n) is 3.89. The number of hydrogen-bond acceptors (Lipinski definition) is 10. The topological polar surface area (TPSA) is 211 Å². The Balaban J connectivity index is 1.89. The van der Waals surface area contributed by atoms with Gasteiger partial charge in [0.1, 0.15) is 6.04 Å². The first-order valence-electron chi connectivity index (χ1n) is 11.6. The van der Waals surface area contributed by atoms with Gasteiger partial charge in [0.2, 0.25) is 11.9 Å². The number of aromatic amines is 1. The number of nitrogens with zero attached hydrogens (tertiary/aromatic N) is 4. The molecule has 0 bridgehead atoms. The zero-order valence-corrected chi connectivity index (χ0v) is 21.1. The van der Waals surface area contributed by atoms with Crippen LogP contribution in [0.2, 0.25) is 0 Å². The first-order valence-corrected chi connectivity index (χ1v) is 11.6. The van der Waals surface area contributed by atoms with Gasteiger partial charge in [-0.1, -0.05) is 13.0 Å². The second-order valence-corrected chi connectivity index (χ2v) is 8.74. The number of amides is 2. The van der Waals surface area contributed by atoms with Crippen molar-refractivity contribution < 1.29 is 42.2 Å². The van der Waals surface area contributed by atoms with Gasteiger partial charge in [-0.2, -0.15) is 18.2 Å². The van der Waals surface area contributed by atoms with E-state index < -0.39 is 54.0 Å². The Morgan fingerprint density at radius 2 is 1.98 bits per heavy atom. The van der Waals surface area contributed by atoms with Crippen LogP contribution in [0.4, 0.5) is 19.1 Å². The van der Waals surface area contributed by atoms with Crippen molar-refractivity contribution in [3.05, 3.63) is 45.7 Å². The summed E-state index contributed by atoms with van der Waals surface area (Å²) in [6.07, 6.45) is -2.57. The number of fused-ring (bicyclic) bond motifs is 1. The van der Waals surface area contributed by atoms with Crippen LogP contribution in [0.5, 0.6) is 0 Å². The number of alkyl halides is 3. The van der Waals surface area contributed by atoms with Gasteiger partial charge < -0.3 is 25.8 Å². The number of anilines is 1. The third-order valence-electron chi connectivity index (χ3n) is 5.85. The van der Waals surface area contributed by atoms with E-state index in [9.17, 15) is 42.3 Å². The van der Waals surface area contributed by atoms with Gasteiger partial charge in [0.05, 0.1) is 25.5 Å². The Morgan fingerprint density at radius 3 is 2.58 bits per heavy atom. The summed E-state index contributed by atoms with van der Waals surface area (Å²) in [5, 5.41) is 11.6. The fourth-order valence-corrected chi connectivity index (χ4v) is 3.89. The highest BCUT2D eigenvalue weighted by molar-refractivity contribution is 5.96. The Kier molecular flexibility index (Phi) is 8.85. The van der Waals surface area contributed by atoms with E-state index >= 15 is 0 Å². The van der Waals surface area contributed by atoms with Gasteiger partial charge in [-0.05, 0) is 18.9 Å². The molecular formula is C23H24F3N7O7. The molecule has 0 radical (unpaired) electrons. The summed E-state index contributed by atoms with van der Waals surface area (Å²) in [5.41, 5.74) is 4.01. The summed E-state index contributed by atoms with van der Waals surface area (Å²) >= 11 is 0. The fraction of sp³-hybridized carbons (Fsp3) is 0.391. The maximum atomic E-state index is 13.5. The van der Waals surface area contributed by atoms with Gasteiger partial charge in [0.15, 0.2) is 11.2 Å². The molecule has 2 aromatic rings. The summed E-state index contributed by atoms with van der Waals surface area (Å²) in [7, 11) is 1.13. The Hall–Kier alpha value is -4.83. The molecule has 0 saturated carbocycles. The third kappa shape index (κ3) is 6.97. The van der Waals surface area contributed by atoms with Crippen LogP contribution in [0.1, 0.15) is 31.9 Å². The van der Waals surface area contributed by atoms with Crippen molar-refractivity contribution in [2.45, 2.75) is 44.9 Å². The third-order valence-corrected chi connectivity index (χ3v) is 5.85. The van der Waals surface area contributed by atoms with Crippen LogP contribution in [0, 0.1) is 5.92 Å². The number of carbonyl (C=O) groups excluding carboxylic acids is 3. The molecule has 2 heterocycles. The van der Waals surface area contributed by atoms with Crippen molar-refractivity contribution >= 4 is 40.9 Å². The van der Waals surface area contributed by atoms with Gasteiger partial charge in [0, 0.05) is 23.6 Å². The summed E-state index contributed by atoms with van der Waals surface area (Å²) in [6.45, 7) is 0.753. The van der Waals surface area contributed by atoms with Crippen LogP contribution in [0.3, 0.4) is 0 Å². The number of halogens is 3. The maximum absolute atomic E-state index is 13.5. The van der Waals surface area contributed by atoms with Crippen molar-refractivity contribution in [1.29, 1.82) is 0 Å². The molecule has 2 atom stereocenters. The number of hydrogen-bond donors (Lipinski definition) is 4. The normalized spacial score (nSPS) is 16.0. The zero-order valence-electron chi connectivity index (χ0n) is 21.1. The lowest BCUT2D eigenvalue weighted by Gasteiger charge is -2.32. The van der Waals surface area contributed by atoms with Crippen molar-refractivity contribution in [3.8, 4) is 0 Å². The first-order chi connectivity index (χ1) is 18.7. The quantitative estimate of drug-likeness (QED) is 0.308. The van der Waals surface area contributed by atoms with Crippen LogP contribution in [0.25, 0.3) is 11.2 Å². The molecule has 2 unspecified atom stereocenters. The number of allylic oxidation sites excluding steroid dienone is 3. The number of rotatable bonds is 9. The van der Waals surface area contributed by atoms with Gasteiger partial charge in [-0.25, -0.2) is 14.8 Å². The summed E-state index contributed by atoms with van der Waals surface area (Å²) in [5.74, 6) is -6.14. The molecule has 14 nitrogen and oxygen atoms in total. The van der Waals surface area contributed by atoms with Crippen molar-refractivity contribution in [2.75, 3.05) is 12.8 Å². The molecule has 214 valence electrons. The number of carboxylic acid groups (broad SMARTS) is 1. The average molecular weight is 567 g/mol. The highest BCUT2D eigenvalue weighted by atomic mass is 19.4. The molecule has 17 heteroatoms. The van der Waals surface area contributed by atoms with Crippen LogP contribution in [0.15, 0.2) is 34.4 Å². The van der Waals surface area contributed by atoms with Crippen molar-refractivity contribution in [3.63, 3.8) is 0 Å². The van der Waals surface area contributed by atoms with Gasteiger partial charge in [0.25, 0.3) is 5.56 Å². The Labute approximate surface area is 223 Å². The van der Waals surface area contributed by atoms with Crippen LogP contribution in [-0.4, -0.2) is 73.0 Å². The largest absolute Gasteiger partial charge is 0.480 e. The minimum absolute atomic E-state index is 0.0423. The van der Waals surface area contributed by atoms with E-state index in [2.05, 4.69) is 30.0 Å². The second kappa shape index (κ2) is 11.9. The lowest BCUT2D eigenvalue weighted by atomic mass is 9.91. The smallest absolute Gasteiger partial charge is 0.471 e. The molecule has 0 aliphatic heterocycles. The lowest BCUT2D eigenvalue weighted by Crippen LogP contribution is -2.44. The van der Waals surface area contributed by atoms with E-state index in [1.165, 1.54) is 13.0 Å². The van der Waals surface area contributed by atoms with E-state index in [1.807, 2.05) is 0 Å². The van der Waals surface area contributed by atoms with E-state index in [1.54, 1.807) is 0 Å².